The minimum atomic E-state index is -3.40. The third-order valence-corrected chi connectivity index (χ3v) is 6.10. The van der Waals surface area contributed by atoms with Crippen molar-refractivity contribution in [3.63, 3.8) is 0 Å². The molecule has 6 heteroatoms. The zero-order chi connectivity index (χ0) is 18.4. The first-order valence-corrected chi connectivity index (χ1v) is 10.1. The molecule has 2 aromatic carbocycles. The van der Waals surface area contributed by atoms with E-state index in [0.29, 0.717) is 30.4 Å². The van der Waals surface area contributed by atoms with Crippen molar-refractivity contribution < 1.29 is 17.7 Å². The van der Waals surface area contributed by atoms with Gasteiger partial charge < -0.3 is 23.4 Å². The second-order valence-electron chi connectivity index (χ2n) is 5.83. The molecule has 0 fully saturated rings. The molecule has 0 aliphatic carbocycles. The molecule has 0 aromatic heterocycles. The summed E-state index contributed by atoms with van der Waals surface area (Å²) in [6.45, 7) is 10.6. The van der Waals surface area contributed by atoms with Gasteiger partial charge in [0, 0.05) is 18.9 Å². The molecule has 0 spiro atoms. The Morgan fingerprint density at radius 3 is 1.76 bits per heavy atom. The summed E-state index contributed by atoms with van der Waals surface area (Å²) in [5, 5.41) is 0. The van der Waals surface area contributed by atoms with Crippen LogP contribution in [0.15, 0.2) is 36.4 Å². The molecule has 5 nitrogen and oxygen atoms in total. The summed E-state index contributed by atoms with van der Waals surface area (Å²) in [6.07, 6.45) is 0. The van der Waals surface area contributed by atoms with Crippen LogP contribution in [0.5, 0.6) is 11.5 Å². The number of aryl methyl sites for hydroxylation is 3. The largest absolute Gasteiger partial charge is 0.820 e. The first-order chi connectivity index (χ1) is 11.9. The van der Waals surface area contributed by atoms with E-state index in [4.69, 9.17) is 23.4 Å². The summed E-state index contributed by atoms with van der Waals surface area (Å²) in [7, 11) is -3.40. The van der Waals surface area contributed by atoms with Crippen molar-refractivity contribution in [2.45, 2.75) is 34.6 Å². The average molecular weight is 362 g/mol. The number of hydrogen-bond donors (Lipinski definition) is 1. The van der Waals surface area contributed by atoms with E-state index in [1.807, 2.05) is 52.0 Å². The lowest BCUT2D eigenvalue weighted by Crippen LogP contribution is -2.55. The van der Waals surface area contributed by atoms with Gasteiger partial charge >= 0.3 is 9.05 Å². The Kier molecular flexibility index (Phi) is 6.47. The van der Waals surface area contributed by atoms with Crippen molar-refractivity contribution in [1.82, 2.24) is 0 Å². The second-order valence-corrected chi connectivity index (χ2v) is 7.82. The lowest BCUT2D eigenvalue weighted by atomic mass is 10.1. The maximum Gasteiger partial charge on any atom is 0.820 e. The van der Waals surface area contributed by atoms with Crippen molar-refractivity contribution in [3.05, 3.63) is 53.1 Å². The van der Waals surface area contributed by atoms with Crippen LogP contribution in [0.25, 0.3) is 0 Å². The predicted octanol–water partition coefficient (Wildman–Crippen LogP) is 4.16. The number of hydrogen-bond acceptors (Lipinski definition) is 5. The molecule has 2 aromatic rings. The summed E-state index contributed by atoms with van der Waals surface area (Å²) in [5.74, 6) is 1.29. The minimum Gasteiger partial charge on any atom is -0.471 e. The van der Waals surface area contributed by atoms with E-state index < -0.39 is 9.05 Å². The number of nitrogens with two attached hydrogens (primary N) is 1. The molecular formula is C19H27NO4Si. The third-order valence-electron chi connectivity index (χ3n) is 3.85. The normalized spacial score (nSPS) is 11.4. The van der Waals surface area contributed by atoms with Crippen LogP contribution in [0, 0.1) is 20.8 Å². The van der Waals surface area contributed by atoms with Gasteiger partial charge in [0.15, 0.2) is 0 Å². The van der Waals surface area contributed by atoms with Crippen molar-refractivity contribution in [2.24, 2.45) is 0 Å². The average Bonchev–Trinajstić information content (AvgIpc) is 2.55. The summed E-state index contributed by atoms with van der Waals surface area (Å²) < 4.78 is 24.0. The maximum atomic E-state index is 6.13. The van der Waals surface area contributed by atoms with Crippen LogP contribution >= 0.6 is 0 Å². The summed E-state index contributed by atoms with van der Waals surface area (Å²) >= 11 is 0. The van der Waals surface area contributed by atoms with Gasteiger partial charge in [-0.1, -0.05) is 6.07 Å². The van der Waals surface area contributed by atoms with Gasteiger partial charge in [-0.15, -0.1) is 0 Å². The van der Waals surface area contributed by atoms with Crippen LogP contribution in [0.4, 0.5) is 5.69 Å². The second kappa shape index (κ2) is 8.38. The van der Waals surface area contributed by atoms with Gasteiger partial charge in [0.2, 0.25) is 0 Å². The highest BCUT2D eigenvalue weighted by Crippen LogP contribution is 2.26. The van der Waals surface area contributed by atoms with E-state index in [1.54, 1.807) is 12.1 Å². The Bertz CT molecular complexity index is 659. The summed E-state index contributed by atoms with van der Waals surface area (Å²) in [4.78, 5) is 0. The first kappa shape index (κ1) is 19.3. The lowest BCUT2D eigenvalue weighted by molar-refractivity contribution is 0.0493. The van der Waals surface area contributed by atoms with Crippen molar-refractivity contribution in [3.8, 4) is 11.5 Å². The lowest BCUT2D eigenvalue weighted by Gasteiger charge is -2.28. The van der Waals surface area contributed by atoms with E-state index in [1.165, 1.54) is 5.56 Å². The zero-order valence-corrected chi connectivity index (χ0v) is 16.6. The molecule has 25 heavy (non-hydrogen) atoms. The molecule has 0 unspecified atom stereocenters. The van der Waals surface area contributed by atoms with E-state index in [0.717, 1.165) is 11.1 Å². The molecule has 0 bridgehead atoms. The molecule has 136 valence electrons. The summed E-state index contributed by atoms with van der Waals surface area (Å²) in [6, 6.07) is 11.3. The van der Waals surface area contributed by atoms with Crippen LogP contribution in [0.1, 0.15) is 30.5 Å². The third kappa shape index (κ3) is 4.98. The predicted molar refractivity (Wildman–Crippen MR) is 102 cm³/mol. The van der Waals surface area contributed by atoms with Crippen molar-refractivity contribution in [2.75, 3.05) is 18.9 Å². The Labute approximate surface area is 151 Å². The molecule has 2 rings (SSSR count). The molecule has 2 N–H and O–H groups in total. The van der Waals surface area contributed by atoms with E-state index in [2.05, 4.69) is 6.92 Å². The van der Waals surface area contributed by atoms with Crippen LogP contribution < -0.4 is 14.6 Å². The Balaban J connectivity index is 2.33. The van der Waals surface area contributed by atoms with E-state index in [-0.39, 0.29) is 0 Å². The number of rotatable bonds is 8. The fourth-order valence-corrected chi connectivity index (χ4v) is 4.21. The number of anilines is 1. The zero-order valence-electron chi connectivity index (χ0n) is 15.6. The van der Waals surface area contributed by atoms with Gasteiger partial charge in [-0.3, -0.25) is 0 Å². The van der Waals surface area contributed by atoms with E-state index >= 15 is 0 Å². The molecule has 0 atom stereocenters. The fourth-order valence-electron chi connectivity index (χ4n) is 2.31. The first-order valence-electron chi connectivity index (χ1n) is 8.48. The monoisotopic (exact) mass is 361 g/mol. The molecule has 0 aliphatic heterocycles. The van der Waals surface area contributed by atoms with Gasteiger partial charge in [0.25, 0.3) is 0 Å². The highest BCUT2D eigenvalue weighted by atomic mass is 28.4. The van der Waals surface area contributed by atoms with Crippen LogP contribution in [0.3, 0.4) is 0 Å². The molecular weight excluding hydrogens is 334 g/mol. The molecule has 0 amide bonds. The van der Waals surface area contributed by atoms with Crippen LogP contribution in [-0.2, 0) is 8.85 Å². The quantitative estimate of drug-likeness (QED) is 0.565. The van der Waals surface area contributed by atoms with Gasteiger partial charge in [-0.05, 0) is 81.6 Å². The molecule has 0 saturated carbocycles. The van der Waals surface area contributed by atoms with Gasteiger partial charge in [-0.2, -0.15) is 0 Å². The molecule has 0 aliphatic rings. The molecule has 0 saturated heterocycles. The Morgan fingerprint density at radius 1 is 0.760 bits per heavy atom. The maximum absolute atomic E-state index is 6.13. The summed E-state index contributed by atoms with van der Waals surface area (Å²) in [5.41, 5.74) is 9.86. The highest BCUT2D eigenvalue weighted by molar-refractivity contribution is 6.55. The number of nitrogen functional groups attached to an aromatic ring is 1. The van der Waals surface area contributed by atoms with Gasteiger partial charge in [0.1, 0.15) is 11.5 Å². The number of benzene rings is 2. The Morgan fingerprint density at radius 2 is 1.28 bits per heavy atom. The van der Waals surface area contributed by atoms with E-state index in [9.17, 15) is 0 Å². The highest BCUT2D eigenvalue weighted by Gasteiger charge is 2.51. The van der Waals surface area contributed by atoms with Crippen LogP contribution in [-0.4, -0.2) is 22.3 Å². The van der Waals surface area contributed by atoms with Crippen LogP contribution in [0.2, 0.25) is 0 Å². The standard InChI is InChI=1S/C19H27NO4Si/c1-6-21-25(22-7-2,23-17-9-8-14(3)15(4)12-17)24-18-10-11-19(20)16(5)13-18/h8-13H,6-7,20H2,1-5H3. The van der Waals surface area contributed by atoms with Crippen molar-refractivity contribution in [1.29, 1.82) is 0 Å². The Hall–Kier alpha value is -2.02. The molecule has 0 radical (unpaired) electrons. The van der Waals surface area contributed by atoms with Crippen molar-refractivity contribution >= 4 is 14.7 Å². The fraction of sp³-hybridized carbons (Fsp3) is 0.368. The smallest absolute Gasteiger partial charge is 0.471 e. The van der Waals surface area contributed by atoms with Gasteiger partial charge in [0.05, 0.1) is 0 Å². The topological polar surface area (TPSA) is 62.9 Å². The molecule has 0 heterocycles. The SMILES string of the molecule is CCO[Si](OCC)(Oc1ccc(C)c(C)c1)Oc1ccc(N)c(C)c1. The minimum absolute atomic E-state index is 0.422. The van der Waals surface area contributed by atoms with Gasteiger partial charge in [-0.25, -0.2) is 0 Å².